The number of unbranched alkanes of at least 4 members (excludes halogenated alkanes) is 6. The third-order valence-corrected chi connectivity index (χ3v) is 7.24. The molecule has 0 amide bonds. The number of carbonyl (C=O) groups excluding carboxylic acids is 2. The molecule has 238 valence electrons. The van der Waals surface area contributed by atoms with Crippen LogP contribution in [0.4, 0.5) is 22.0 Å². The molecule has 4 aromatic rings. The third kappa shape index (κ3) is 9.48. The summed E-state index contributed by atoms with van der Waals surface area (Å²) in [5, 5.41) is 8.84. The van der Waals surface area contributed by atoms with E-state index in [1.165, 1.54) is 42.5 Å². The van der Waals surface area contributed by atoms with Crippen LogP contribution >= 0.6 is 0 Å². The topological polar surface area (TPSA) is 76.4 Å². The minimum absolute atomic E-state index is 0.0225. The normalized spacial score (nSPS) is 10.8. The molecule has 46 heavy (non-hydrogen) atoms. The van der Waals surface area contributed by atoms with Crippen LogP contribution in [-0.4, -0.2) is 11.9 Å². The summed E-state index contributed by atoms with van der Waals surface area (Å²) in [4.78, 5) is 24.3. The number of nitrogens with zero attached hydrogens (tertiary/aromatic N) is 1. The van der Waals surface area contributed by atoms with Gasteiger partial charge in [-0.2, -0.15) is 5.26 Å². The Hall–Kier alpha value is -5.04. The Morgan fingerprint density at radius 2 is 0.978 bits per heavy atom. The van der Waals surface area contributed by atoms with Gasteiger partial charge in [-0.25, -0.2) is 22.0 Å². The van der Waals surface area contributed by atoms with Crippen molar-refractivity contribution >= 4 is 11.9 Å². The fourth-order valence-electron chi connectivity index (χ4n) is 4.81. The van der Waals surface area contributed by atoms with Gasteiger partial charge in [0.05, 0.1) is 5.56 Å². The summed E-state index contributed by atoms with van der Waals surface area (Å²) in [7, 11) is 0. The maximum Gasteiger partial charge on any atom is 0.311 e. The number of hydrogen-bond donors (Lipinski definition) is 0. The lowest BCUT2D eigenvalue weighted by Gasteiger charge is -2.08. The van der Waals surface area contributed by atoms with Gasteiger partial charge in [-0.1, -0.05) is 44.2 Å². The van der Waals surface area contributed by atoms with Gasteiger partial charge in [-0.3, -0.25) is 9.59 Å². The highest BCUT2D eigenvalue weighted by Crippen LogP contribution is 2.29. The van der Waals surface area contributed by atoms with E-state index in [2.05, 4.69) is 0 Å². The molecule has 0 fully saturated rings. The number of hydrogen-bond acceptors (Lipinski definition) is 5. The number of benzene rings is 4. The Morgan fingerprint density at radius 3 is 1.41 bits per heavy atom. The molecular weight excluding hydrogens is 605 g/mol. The van der Waals surface area contributed by atoms with Crippen LogP contribution in [-0.2, 0) is 9.59 Å². The first-order chi connectivity index (χ1) is 22.1. The standard InChI is InChI=1S/C36H30F5NO4/c37-30-17-12-24(19-34(30)41)29-16-14-27(21-33(29)40)46-36(44)9-7-5-3-1-2-4-6-8-35(43)45-26-13-15-28(32(39)20-26)23-10-11-25(22-42)31(38)18-23/h10-21H,1-9H2. The molecular formula is C36H30F5NO4. The molecule has 0 heterocycles. The van der Waals surface area contributed by atoms with E-state index in [-0.39, 0.29) is 52.2 Å². The number of rotatable bonds is 14. The summed E-state index contributed by atoms with van der Waals surface area (Å²) in [6.45, 7) is 0. The summed E-state index contributed by atoms with van der Waals surface area (Å²) in [6, 6.07) is 16.2. The second-order valence-electron chi connectivity index (χ2n) is 10.6. The molecule has 4 aromatic carbocycles. The van der Waals surface area contributed by atoms with Gasteiger partial charge in [-0.05, 0) is 72.5 Å². The van der Waals surface area contributed by atoms with E-state index in [9.17, 15) is 31.5 Å². The maximum atomic E-state index is 14.6. The number of nitriles is 1. The molecule has 0 atom stereocenters. The number of ether oxygens (including phenoxy) is 2. The van der Waals surface area contributed by atoms with Crippen LogP contribution in [0.15, 0.2) is 72.8 Å². The first-order valence-corrected chi connectivity index (χ1v) is 14.8. The molecule has 0 bridgehead atoms. The Bertz CT molecular complexity index is 1750. The molecule has 10 heteroatoms. The summed E-state index contributed by atoms with van der Waals surface area (Å²) in [5.74, 6) is -5.22. The van der Waals surface area contributed by atoms with Crippen molar-refractivity contribution in [2.75, 3.05) is 0 Å². The van der Waals surface area contributed by atoms with Crippen LogP contribution in [0.25, 0.3) is 22.3 Å². The van der Waals surface area contributed by atoms with Gasteiger partial charge in [0.2, 0.25) is 0 Å². The second-order valence-corrected chi connectivity index (χ2v) is 10.6. The smallest absolute Gasteiger partial charge is 0.311 e. The van der Waals surface area contributed by atoms with Crippen LogP contribution in [0.3, 0.4) is 0 Å². The zero-order chi connectivity index (χ0) is 33.1. The van der Waals surface area contributed by atoms with E-state index in [1.54, 1.807) is 6.07 Å². The van der Waals surface area contributed by atoms with Crippen molar-refractivity contribution in [1.29, 1.82) is 5.26 Å². The quantitative estimate of drug-likeness (QED) is 0.0597. The van der Waals surface area contributed by atoms with Gasteiger partial charge in [0.25, 0.3) is 0 Å². The highest BCUT2D eigenvalue weighted by atomic mass is 19.2. The molecule has 0 unspecified atom stereocenters. The van der Waals surface area contributed by atoms with Gasteiger partial charge < -0.3 is 9.47 Å². The fraction of sp³-hybridized carbons (Fsp3) is 0.250. The highest BCUT2D eigenvalue weighted by molar-refractivity contribution is 5.74. The molecule has 0 spiro atoms. The van der Waals surface area contributed by atoms with E-state index in [4.69, 9.17) is 14.7 Å². The lowest BCUT2D eigenvalue weighted by molar-refractivity contribution is -0.135. The SMILES string of the molecule is N#Cc1ccc(-c2ccc(OC(=O)CCCCCCCCCC(=O)Oc3ccc(-c4ccc(F)c(F)c4)c(F)c3)cc2F)cc1F. The molecule has 0 N–H and O–H groups in total. The summed E-state index contributed by atoms with van der Waals surface area (Å²) in [6.07, 6.45) is 5.76. The molecule has 0 saturated heterocycles. The average Bonchev–Trinajstić information content (AvgIpc) is 3.02. The van der Waals surface area contributed by atoms with Gasteiger partial charge >= 0.3 is 11.9 Å². The largest absolute Gasteiger partial charge is 0.426 e. The molecule has 4 rings (SSSR count). The lowest BCUT2D eigenvalue weighted by atomic mass is 10.0. The Labute approximate surface area is 263 Å². The first-order valence-electron chi connectivity index (χ1n) is 14.8. The number of halogens is 5. The fourth-order valence-corrected chi connectivity index (χ4v) is 4.81. The van der Waals surface area contributed by atoms with Crippen LogP contribution in [0, 0.1) is 40.4 Å². The molecule has 0 aliphatic carbocycles. The van der Waals surface area contributed by atoms with E-state index in [0.29, 0.717) is 12.8 Å². The van der Waals surface area contributed by atoms with Crippen LogP contribution in [0.1, 0.15) is 63.4 Å². The van der Waals surface area contributed by atoms with Crippen molar-refractivity contribution in [1.82, 2.24) is 0 Å². The Kier molecular flexibility index (Phi) is 12.0. The van der Waals surface area contributed by atoms with Crippen LogP contribution in [0.5, 0.6) is 11.5 Å². The van der Waals surface area contributed by atoms with Gasteiger partial charge in [-0.15, -0.1) is 0 Å². The average molecular weight is 636 g/mol. The third-order valence-electron chi connectivity index (χ3n) is 7.24. The minimum Gasteiger partial charge on any atom is -0.426 e. The van der Waals surface area contributed by atoms with E-state index in [0.717, 1.165) is 62.4 Å². The molecule has 0 aromatic heterocycles. The molecule has 0 aliphatic heterocycles. The summed E-state index contributed by atoms with van der Waals surface area (Å²) in [5.41, 5.74) is 0.449. The summed E-state index contributed by atoms with van der Waals surface area (Å²) >= 11 is 0. The molecule has 0 radical (unpaired) electrons. The highest BCUT2D eigenvalue weighted by Gasteiger charge is 2.14. The van der Waals surface area contributed by atoms with Crippen molar-refractivity contribution < 1.29 is 41.0 Å². The molecule has 0 saturated carbocycles. The van der Waals surface area contributed by atoms with E-state index < -0.39 is 41.0 Å². The predicted molar refractivity (Wildman–Crippen MR) is 161 cm³/mol. The van der Waals surface area contributed by atoms with Gasteiger partial charge in [0.1, 0.15) is 35.0 Å². The van der Waals surface area contributed by atoms with Crippen LogP contribution < -0.4 is 9.47 Å². The van der Waals surface area contributed by atoms with Crippen molar-refractivity contribution in [3.05, 3.63) is 107 Å². The van der Waals surface area contributed by atoms with Gasteiger partial charge in [0, 0.05) is 36.1 Å². The van der Waals surface area contributed by atoms with Crippen molar-refractivity contribution in [3.63, 3.8) is 0 Å². The number of esters is 2. The first kappa shape index (κ1) is 33.8. The summed E-state index contributed by atoms with van der Waals surface area (Å²) < 4.78 is 80.0. The van der Waals surface area contributed by atoms with E-state index >= 15 is 0 Å². The maximum absolute atomic E-state index is 14.6. The minimum atomic E-state index is -1.09. The molecule has 0 aliphatic rings. The van der Waals surface area contributed by atoms with E-state index in [1.807, 2.05) is 0 Å². The van der Waals surface area contributed by atoms with Crippen molar-refractivity contribution in [2.24, 2.45) is 0 Å². The Balaban J connectivity index is 1.07. The Morgan fingerprint density at radius 1 is 0.522 bits per heavy atom. The predicted octanol–water partition coefficient (Wildman–Crippen LogP) is 9.61. The second kappa shape index (κ2) is 16.3. The zero-order valence-corrected chi connectivity index (χ0v) is 24.8. The van der Waals surface area contributed by atoms with Crippen LogP contribution in [0.2, 0.25) is 0 Å². The van der Waals surface area contributed by atoms with Crippen molar-refractivity contribution in [2.45, 2.75) is 57.8 Å². The monoisotopic (exact) mass is 635 g/mol. The zero-order valence-electron chi connectivity index (χ0n) is 24.8. The number of carbonyl (C=O) groups is 2. The van der Waals surface area contributed by atoms with Crippen molar-refractivity contribution in [3.8, 4) is 39.8 Å². The lowest BCUT2D eigenvalue weighted by Crippen LogP contribution is -2.08. The van der Waals surface area contributed by atoms with Gasteiger partial charge in [0.15, 0.2) is 11.6 Å². The molecule has 5 nitrogen and oxygen atoms in total.